The van der Waals surface area contributed by atoms with Gasteiger partial charge in [-0.2, -0.15) is 0 Å². The van der Waals surface area contributed by atoms with Crippen LogP contribution in [0.3, 0.4) is 0 Å². The molecular weight excluding hydrogens is 363 g/mol. The molecule has 0 bridgehead atoms. The smallest absolute Gasteiger partial charge is 0.175 e. The number of benzene rings is 2. The van der Waals surface area contributed by atoms with Crippen LogP contribution in [0.4, 0.5) is 4.39 Å². The maximum Gasteiger partial charge on any atom is 0.175 e. The molecule has 0 radical (unpaired) electrons. The van der Waals surface area contributed by atoms with Gasteiger partial charge in [-0.1, -0.05) is 24.3 Å². The zero-order valence-corrected chi connectivity index (χ0v) is 15.8. The molecular formula is C21H21FN2O2S. The molecule has 6 heteroatoms. The Morgan fingerprint density at radius 2 is 1.67 bits per heavy atom. The van der Waals surface area contributed by atoms with Gasteiger partial charge in [0.2, 0.25) is 0 Å². The highest BCUT2D eigenvalue weighted by Crippen LogP contribution is 2.33. The number of rotatable bonds is 5. The topological polar surface area (TPSA) is 49.4 Å². The van der Waals surface area contributed by atoms with Crippen LogP contribution in [0.25, 0.3) is 11.3 Å². The van der Waals surface area contributed by atoms with Crippen LogP contribution < -0.4 is 5.43 Å². The Labute approximate surface area is 158 Å². The summed E-state index contributed by atoms with van der Waals surface area (Å²) < 4.78 is 36.8. The molecule has 1 fully saturated rings. The minimum absolute atomic E-state index is 0.276. The predicted octanol–water partition coefficient (Wildman–Crippen LogP) is 3.84. The van der Waals surface area contributed by atoms with Gasteiger partial charge in [0.15, 0.2) is 9.84 Å². The fourth-order valence-electron chi connectivity index (χ4n) is 3.13. The average Bonchev–Trinajstić information content (AvgIpc) is 3.46. The predicted molar refractivity (Wildman–Crippen MR) is 104 cm³/mol. The number of allylic oxidation sites excluding steroid dienone is 2. The second-order valence-corrected chi connectivity index (χ2v) is 9.13. The summed E-state index contributed by atoms with van der Waals surface area (Å²) in [6, 6.07) is 13.2. The van der Waals surface area contributed by atoms with Crippen LogP contribution in [0.2, 0.25) is 0 Å². The van der Waals surface area contributed by atoms with Crippen molar-refractivity contribution in [3.05, 3.63) is 77.8 Å². The van der Waals surface area contributed by atoms with E-state index in [1.54, 1.807) is 36.4 Å². The van der Waals surface area contributed by atoms with Crippen LogP contribution in [-0.4, -0.2) is 26.2 Å². The fraction of sp³-hybridized carbons (Fsp3) is 0.238. The maximum atomic E-state index is 13.3. The van der Waals surface area contributed by atoms with Gasteiger partial charge in [-0.3, -0.25) is 10.4 Å². The van der Waals surface area contributed by atoms with Crippen molar-refractivity contribution < 1.29 is 12.8 Å². The van der Waals surface area contributed by atoms with E-state index >= 15 is 0 Å². The normalized spacial score (nSPS) is 17.2. The van der Waals surface area contributed by atoms with E-state index in [-0.39, 0.29) is 10.7 Å². The Hall–Kier alpha value is -2.60. The molecule has 1 aliphatic heterocycles. The highest BCUT2D eigenvalue weighted by atomic mass is 32.2. The van der Waals surface area contributed by atoms with Crippen LogP contribution in [0.1, 0.15) is 24.0 Å². The van der Waals surface area contributed by atoms with Gasteiger partial charge in [0, 0.05) is 30.1 Å². The molecule has 1 saturated carbocycles. The maximum absolute atomic E-state index is 13.3. The molecule has 0 amide bonds. The second-order valence-electron chi connectivity index (χ2n) is 7.12. The van der Waals surface area contributed by atoms with Crippen molar-refractivity contribution in [2.45, 2.75) is 17.7 Å². The van der Waals surface area contributed by atoms with Crippen LogP contribution in [0, 0.1) is 11.7 Å². The van der Waals surface area contributed by atoms with E-state index < -0.39 is 9.84 Å². The molecule has 0 saturated heterocycles. The number of sulfone groups is 1. The van der Waals surface area contributed by atoms with E-state index in [0.29, 0.717) is 5.92 Å². The lowest BCUT2D eigenvalue weighted by atomic mass is 9.98. The van der Waals surface area contributed by atoms with Crippen molar-refractivity contribution >= 4 is 21.1 Å². The largest absolute Gasteiger partial charge is 0.298 e. The quantitative estimate of drug-likeness (QED) is 0.851. The molecule has 2 aromatic carbocycles. The number of nitrogens with one attached hydrogen (secondary N) is 1. The molecule has 1 aliphatic carbocycles. The third-order valence-electron chi connectivity index (χ3n) is 4.82. The lowest BCUT2D eigenvalue weighted by molar-refractivity contribution is 0.309. The third kappa shape index (κ3) is 4.06. The first-order valence-electron chi connectivity index (χ1n) is 8.92. The number of halogens is 1. The Bertz CT molecular complexity index is 1010. The number of nitrogens with zero attached hydrogens (tertiary/aromatic N) is 1. The first kappa shape index (κ1) is 17.8. The lowest BCUT2D eigenvalue weighted by Crippen LogP contribution is -2.36. The summed E-state index contributed by atoms with van der Waals surface area (Å²) >= 11 is 0. The molecule has 0 unspecified atom stereocenters. The van der Waals surface area contributed by atoms with Gasteiger partial charge < -0.3 is 0 Å². The van der Waals surface area contributed by atoms with Crippen LogP contribution in [-0.2, 0) is 9.84 Å². The van der Waals surface area contributed by atoms with Gasteiger partial charge in [-0.15, -0.1) is 0 Å². The molecule has 0 spiro atoms. The standard InChI is InChI=1S/C21H21FN2O2S/c1-27(25,26)19-10-6-17(7-11-19)21-20(16-4-8-18(22)9-5-16)12-13-24(23-21)14-15-2-3-15/h4-13,15,23H,2-3,14H2,1H3. The molecule has 2 aromatic rings. The first-order valence-corrected chi connectivity index (χ1v) is 10.8. The van der Waals surface area contributed by atoms with E-state index in [2.05, 4.69) is 10.4 Å². The molecule has 0 atom stereocenters. The second kappa shape index (κ2) is 6.85. The number of hydrazine groups is 1. The minimum atomic E-state index is -3.24. The molecule has 2 aliphatic rings. The summed E-state index contributed by atoms with van der Waals surface area (Å²) in [6.45, 7) is 0.929. The third-order valence-corrected chi connectivity index (χ3v) is 5.95. The number of hydrogen-bond donors (Lipinski definition) is 1. The Morgan fingerprint density at radius 1 is 1.04 bits per heavy atom. The van der Waals surface area contributed by atoms with Crippen molar-refractivity contribution in [3.63, 3.8) is 0 Å². The summed E-state index contributed by atoms with van der Waals surface area (Å²) in [7, 11) is -3.24. The summed E-state index contributed by atoms with van der Waals surface area (Å²) in [6.07, 6.45) is 7.72. The molecule has 1 N–H and O–H groups in total. The Balaban J connectivity index is 1.73. The molecule has 0 aromatic heterocycles. The van der Waals surface area contributed by atoms with Crippen molar-refractivity contribution in [1.82, 2.24) is 10.4 Å². The van der Waals surface area contributed by atoms with E-state index in [1.807, 2.05) is 12.3 Å². The zero-order valence-electron chi connectivity index (χ0n) is 15.0. The van der Waals surface area contributed by atoms with Crippen molar-refractivity contribution in [3.8, 4) is 0 Å². The van der Waals surface area contributed by atoms with Gasteiger partial charge >= 0.3 is 0 Å². The van der Waals surface area contributed by atoms with E-state index in [9.17, 15) is 12.8 Å². The molecule has 1 heterocycles. The highest BCUT2D eigenvalue weighted by Gasteiger charge is 2.25. The minimum Gasteiger partial charge on any atom is -0.298 e. The average molecular weight is 384 g/mol. The summed E-state index contributed by atoms with van der Waals surface area (Å²) in [5.74, 6) is 0.435. The number of hydrogen-bond acceptors (Lipinski definition) is 4. The van der Waals surface area contributed by atoms with Gasteiger partial charge in [-0.05, 0) is 54.7 Å². The van der Waals surface area contributed by atoms with Crippen LogP contribution >= 0.6 is 0 Å². The lowest BCUT2D eigenvalue weighted by Gasteiger charge is -2.30. The van der Waals surface area contributed by atoms with Crippen molar-refractivity contribution in [2.75, 3.05) is 12.8 Å². The Kier molecular flexibility index (Phi) is 4.52. The highest BCUT2D eigenvalue weighted by molar-refractivity contribution is 7.90. The molecule has 27 heavy (non-hydrogen) atoms. The first-order chi connectivity index (χ1) is 12.9. The Morgan fingerprint density at radius 3 is 2.26 bits per heavy atom. The van der Waals surface area contributed by atoms with Gasteiger partial charge in [0.05, 0.1) is 10.6 Å². The fourth-order valence-corrected chi connectivity index (χ4v) is 3.76. The molecule has 4 nitrogen and oxygen atoms in total. The van der Waals surface area contributed by atoms with E-state index in [0.717, 1.165) is 28.9 Å². The van der Waals surface area contributed by atoms with Crippen molar-refractivity contribution in [1.29, 1.82) is 0 Å². The monoisotopic (exact) mass is 384 g/mol. The SMILES string of the molecule is CS(=O)(=O)c1ccc(C2=C(c3ccc(F)cc3)C=CN(CC3CC3)N2)cc1. The van der Waals surface area contributed by atoms with Gasteiger partial charge in [-0.25, -0.2) is 12.8 Å². The van der Waals surface area contributed by atoms with Crippen LogP contribution in [0.5, 0.6) is 0 Å². The molecule has 140 valence electrons. The van der Waals surface area contributed by atoms with Gasteiger partial charge in [0.1, 0.15) is 5.82 Å². The van der Waals surface area contributed by atoms with Gasteiger partial charge in [0.25, 0.3) is 0 Å². The van der Waals surface area contributed by atoms with E-state index in [4.69, 9.17) is 0 Å². The summed E-state index contributed by atoms with van der Waals surface area (Å²) in [5.41, 5.74) is 7.04. The van der Waals surface area contributed by atoms with Crippen molar-refractivity contribution in [2.24, 2.45) is 5.92 Å². The summed E-state index contributed by atoms with van der Waals surface area (Å²) in [4.78, 5) is 0.288. The zero-order chi connectivity index (χ0) is 19.0. The summed E-state index contributed by atoms with van der Waals surface area (Å²) in [5, 5.41) is 2.06. The van der Waals surface area contributed by atoms with Crippen LogP contribution in [0.15, 0.2) is 65.7 Å². The van der Waals surface area contributed by atoms with E-state index in [1.165, 1.54) is 31.2 Å². The molecule has 4 rings (SSSR count).